The number of likely N-dealkylation sites (tertiary alicyclic amines) is 1. The summed E-state index contributed by atoms with van der Waals surface area (Å²) in [6, 6.07) is 0. The Labute approximate surface area is 107 Å². The van der Waals surface area contributed by atoms with Gasteiger partial charge in [-0.1, -0.05) is 0 Å². The molecule has 0 spiro atoms. The lowest BCUT2D eigenvalue weighted by Gasteiger charge is -2.14. The third-order valence-corrected chi connectivity index (χ3v) is 3.04. The lowest BCUT2D eigenvalue weighted by Crippen LogP contribution is -2.33. The van der Waals surface area contributed by atoms with Crippen molar-refractivity contribution in [3.8, 4) is 0 Å². The number of rotatable bonds is 5. The van der Waals surface area contributed by atoms with Crippen LogP contribution in [0.3, 0.4) is 0 Å². The van der Waals surface area contributed by atoms with E-state index in [1.165, 1.54) is 19.0 Å². The summed E-state index contributed by atoms with van der Waals surface area (Å²) >= 11 is 0. The van der Waals surface area contributed by atoms with E-state index in [1.807, 2.05) is 0 Å². The zero-order valence-corrected chi connectivity index (χ0v) is 10.6. The van der Waals surface area contributed by atoms with E-state index in [0.29, 0.717) is 18.1 Å². The van der Waals surface area contributed by atoms with Crippen LogP contribution in [-0.2, 0) is 0 Å². The van der Waals surface area contributed by atoms with Gasteiger partial charge in [0, 0.05) is 20.1 Å². The topological polar surface area (TPSA) is 70.2 Å². The Morgan fingerprint density at radius 3 is 2.89 bits per heavy atom. The maximum Gasteiger partial charge on any atom is 0.271 e. The summed E-state index contributed by atoms with van der Waals surface area (Å²) in [4.78, 5) is 22.3. The highest BCUT2D eigenvalue weighted by Gasteiger charge is 2.12. The molecule has 0 aliphatic carbocycles. The third kappa shape index (κ3) is 3.40. The normalized spacial score (nSPS) is 15.6. The van der Waals surface area contributed by atoms with E-state index in [-0.39, 0.29) is 5.91 Å². The van der Waals surface area contributed by atoms with Crippen LogP contribution in [0.25, 0.3) is 0 Å². The zero-order chi connectivity index (χ0) is 12.8. The van der Waals surface area contributed by atoms with Crippen LogP contribution in [0.2, 0.25) is 0 Å². The largest absolute Gasteiger partial charge is 0.372 e. The Balaban J connectivity index is 1.79. The standard InChI is InChI=1S/C12H19N5O/c1-13-11-9-14-8-10(16-11)12(18)15-4-7-17-5-2-3-6-17/h8-9H,2-7H2,1H3,(H,13,16)(H,15,18). The fourth-order valence-corrected chi connectivity index (χ4v) is 2.02. The van der Waals surface area contributed by atoms with Crippen LogP contribution in [0.15, 0.2) is 12.4 Å². The fraction of sp³-hybridized carbons (Fsp3) is 0.583. The molecular formula is C12H19N5O. The zero-order valence-electron chi connectivity index (χ0n) is 10.6. The maximum absolute atomic E-state index is 11.8. The molecule has 0 unspecified atom stereocenters. The van der Waals surface area contributed by atoms with E-state index in [1.54, 1.807) is 13.2 Å². The molecule has 1 aliphatic heterocycles. The Bertz CT molecular complexity index is 403. The van der Waals surface area contributed by atoms with Crippen LogP contribution in [0.4, 0.5) is 5.82 Å². The molecule has 1 aromatic heterocycles. The van der Waals surface area contributed by atoms with E-state index in [2.05, 4.69) is 25.5 Å². The van der Waals surface area contributed by atoms with Crippen molar-refractivity contribution in [2.75, 3.05) is 38.5 Å². The van der Waals surface area contributed by atoms with Crippen LogP contribution in [0, 0.1) is 0 Å². The molecular weight excluding hydrogens is 230 g/mol. The molecule has 0 radical (unpaired) electrons. The predicted octanol–water partition coefficient (Wildman–Crippen LogP) is 0.344. The van der Waals surface area contributed by atoms with Crippen molar-refractivity contribution in [3.05, 3.63) is 18.1 Å². The number of nitrogens with one attached hydrogen (secondary N) is 2. The molecule has 2 N–H and O–H groups in total. The second kappa shape index (κ2) is 6.30. The van der Waals surface area contributed by atoms with Crippen LogP contribution in [-0.4, -0.2) is 54.0 Å². The summed E-state index contributed by atoms with van der Waals surface area (Å²) in [6.45, 7) is 3.85. The van der Waals surface area contributed by atoms with Gasteiger partial charge in [0.25, 0.3) is 5.91 Å². The summed E-state index contributed by atoms with van der Waals surface area (Å²) < 4.78 is 0. The number of nitrogens with zero attached hydrogens (tertiary/aromatic N) is 3. The highest BCUT2D eigenvalue weighted by atomic mass is 16.1. The van der Waals surface area contributed by atoms with Crippen molar-refractivity contribution in [3.63, 3.8) is 0 Å². The van der Waals surface area contributed by atoms with Crippen molar-refractivity contribution < 1.29 is 4.79 Å². The second-order valence-electron chi connectivity index (χ2n) is 4.34. The van der Waals surface area contributed by atoms with Crippen molar-refractivity contribution in [2.24, 2.45) is 0 Å². The molecule has 0 atom stereocenters. The maximum atomic E-state index is 11.8. The monoisotopic (exact) mass is 249 g/mol. The molecule has 1 aliphatic rings. The van der Waals surface area contributed by atoms with E-state index in [9.17, 15) is 4.79 Å². The first kappa shape index (κ1) is 12.8. The Morgan fingerprint density at radius 1 is 1.39 bits per heavy atom. The molecule has 2 rings (SSSR count). The van der Waals surface area contributed by atoms with E-state index in [4.69, 9.17) is 0 Å². The molecule has 98 valence electrons. The number of hydrogen-bond acceptors (Lipinski definition) is 5. The van der Waals surface area contributed by atoms with Crippen molar-refractivity contribution in [1.29, 1.82) is 0 Å². The number of hydrogen-bond donors (Lipinski definition) is 2. The number of amides is 1. The third-order valence-electron chi connectivity index (χ3n) is 3.04. The summed E-state index contributed by atoms with van der Waals surface area (Å²) in [5.41, 5.74) is 0.350. The minimum atomic E-state index is -0.168. The first-order valence-electron chi connectivity index (χ1n) is 6.30. The highest BCUT2D eigenvalue weighted by molar-refractivity contribution is 5.92. The molecule has 18 heavy (non-hydrogen) atoms. The minimum Gasteiger partial charge on any atom is -0.372 e. The molecule has 6 nitrogen and oxygen atoms in total. The van der Waals surface area contributed by atoms with Gasteiger partial charge in [0.05, 0.1) is 12.4 Å². The molecule has 1 fully saturated rings. The quantitative estimate of drug-likeness (QED) is 0.787. The Kier molecular flexibility index (Phi) is 4.46. The van der Waals surface area contributed by atoms with Crippen LogP contribution < -0.4 is 10.6 Å². The molecule has 1 aromatic rings. The smallest absolute Gasteiger partial charge is 0.271 e. The number of carbonyl (C=O) groups is 1. The van der Waals surface area contributed by atoms with Gasteiger partial charge in [-0.2, -0.15) is 0 Å². The second-order valence-corrected chi connectivity index (χ2v) is 4.34. The van der Waals surface area contributed by atoms with E-state index >= 15 is 0 Å². The first-order valence-corrected chi connectivity index (χ1v) is 6.30. The fourth-order valence-electron chi connectivity index (χ4n) is 2.02. The molecule has 0 bridgehead atoms. The molecule has 1 saturated heterocycles. The van der Waals surface area contributed by atoms with Gasteiger partial charge >= 0.3 is 0 Å². The van der Waals surface area contributed by atoms with Crippen molar-refractivity contribution >= 4 is 11.7 Å². The number of aromatic nitrogens is 2. The molecule has 6 heteroatoms. The summed E-state index contributed by atoms with van der Waals surface area (Å²) in [6.07, 6.45) is 5.60. The van der Waals surface area contributed by atoms with Crippen LogP contribution in [0.1, 0.15) is 23.3 Å². The van der Waals surface area contributed by atoms with Gasteiger partial charge in [0.15, 0.2) is 0 Å². The molecule has 2 heterocycles. The first-order chi connectivity index (χ1) is 8.79. The van der Waals surface area contributed by atoms with Gasteiger partial charge in [-0.15, -0.1) is 0 Å². The van der Waals surface area contributed by atoms with Gasteiger partial charge in [-0.3, -0.25) is 9.78 Å². The molecule has 0 aromatic carbocycles. The Hall–Kier alpha value is -1.69. The highest BCUT2D eigenvalue weighted by Crippen LogP contribution is 2.05. The van der Waals surface area contributed by atoms with Crippen molar-refractivity contribution in [2.45, 2.75) is 12.8 Å². The summed E-state index contributed by atoms with van der Waals surface area (Å²) in [5.74, 6) is 0.431. The van der Waals surface area contributed by atoms with E-state index in [0.717, 1.165) is 19.6 Å². The van der Waals surface area contributed by atoms with Gasteiger partial charge < -0.3 is 15.5 Å². The average Bonchev–Trinajstić information content (AvgIpc) is 2.92. The minimum absolute atomic E-state index is 0.168. The molecule has 1 amide bonds. The van der Waals surface area contributed by atoms with Gasteiger partial charge in [0.1, 0.15) is 11.5 Å². The van der Waals surface area contributed by atoms with Crippen LogP contribution in [0.5, 0.6) is 0 Å². The van der Waals surface area contributed by atoms with Gasteiger partial charge in [0.2, 0.25) is 0 Å². The summed E-state index contributed by atoms with van der Waals surface area (Å²) in [7, 11) is 1.75. The lowest BCUT2D eigenvalue weighted by atomic mass is 10.4. The van der Waals surface area contributed by atoms with Gasteiger partial charge in [-0.05, 0) is 25.9 Å². The average molecular weight is 249 g/mol. The number of carbonyl (C=O) groups excluding carboxylic acids is 1. The van der Waals surface area contributed by atoms with Crippen LogP contribution >= 0.6 is 0 Å². The molecule has 0 saturated carbocycles. The predicted molar refractivity (Wildman–Crippen MR) is 69.6 cm³/mol. The van der Waals surface area contributed by atoms with Crippen molar-refractivity contribution in [1.82, 2.24) is 20.2 Å². The SMILES string of the molecule is CNc1cncc(C(=O)NCCN2CCCC2)n1. The van der Waals surface area contributed by atoms with E-state index < -0.39 is 0 Å². The Morgan fingerprint density at radius 2 is 2.17 bits per heavy atom. The lowest BCUT2D eigenvalue weighted by molar-refractivity contribution is 0.0944. The van der Waals surface area contributed by atoms with Gasteiger partial charge in [-0.25, -0.2) is 4.98 Å². The number of anilines is 1. The summed E-state index contributed by atoms with van der Waals surface area (Å²) in [5, 5.41) is 5.73.